The van der Waals surface area contributed by atoms with E-state index in [2.05, 4.69) is 47.1 Å². The molecule has 0 aliphatic heterocycles. The molecule has 3 N–H and O–H groups in total. The third-order valence-electron chi connectivity index (χ3n) is 9.08. The zero-order valence-corrected chi connectivity index (χ0v) is 41.0. The van der Waals surface area contributed by atoms with E-state index in [1.807, 2.05) is 62.4 Å². The van der Waals surface area contributed by atoms with E-state index in [1.165, 1.54) is 66.8 Å². The Hall–Kier alpha value is -7.03. The molecule has 67 heavy (non-hydrogen) atoms. The molecule has 358 valence electrons. The van der Waals surface area contributed by atoms with Crippen LogP contribution in [0.25, 0.3) is 0 Å². The number of alkyl halides is 1. The molecule has 0 aliphatic carbocycles. The number of carbonyl (C=O) groups is 3. The number of aromatic hydroxyl groups is 1. The topological polar surface area (TPSA) is 177 Å². The Morgan fingerprint density at radius 2 is 0.821 bits per heavy atom. The number of aliphatic hydroxyl groups excluding tert-OH is 1. The first-order valence-electron chi connectivity index (χ1n) is 21.0. The van der Waals surface area contributed by atoms with Gasteiger partial charge in [0.05, 0.1) is 51.2 Å². The number of phenolic OH excluding ortho intramolecular Hbond substituents is 1. The maximum Gasteiger partial charge on any atom is 0.338 e. The molecule has 0 unspecified atom stereocenters. The maximum atomic E-state index is 11.7. The first-order valence-corrected chi connectivity index (χ1v) is 22.1. The smallest absolute Gasteiger partial charge is 0.338 e. The fourth-order valence-corrected chi connectivity index (χ4v) is 5.81. The van der Waals surface area contributed by atoms with Crippen LogP contribution in [0.3, 0.4) is 0 Å². The molecule has 0 radical (unpaired) electrons. The molecule has 6 aromatic rings. The number of hydrogen-bond donors (Lipinski definition) is 3. The fraction of sp³-hybridized carbons (Fsp3) is 0.264. The number of aliphatic hydroxyl groups is 1. The van der Waals surface area contributed by atoms with Gasteiger partial charge in [-0.25, -0.2) is 14.4 Å². The highest BCUT2D eigenvalue weighted by Crippen LogP contribution is 2.31. The molecule has 14 heteroatoms. The van der Waals surface area contributed by atoms with Crippen molar-refractivity contribution in [2.75, 3.05) is 41.7 Å². The van der Waals surface area contributed by atoms with E-state index < -0.39 is 11.9 Å². The van der Waals surface area contributed by atoms with Crippen molar-refractivity contribution < 1.29 is 62.9 Å². The highest BCUT2D eigenvalue weighted by molar-refractivity contribution is 9.08. The molecule has 0 aliphatic rings. The number of aryl methyl sites for hydroxylation is 3. The molecule has 6 rings (SSSR count). The third kappa shape index (κ3) is 19.9. The molecule has 0 amide bonds. The van der Waals surface area contributed by atoms with Crippen LogP contribution >= 0.6 is 15.9 Å². The first-order chi connectivity index (χ1) is 32.2. The van der Waals surface area contributed by atoms with Crippen LogP contribution in [0.5, 0.6) is 34.5 Å². The molecule has 0 spiro atoms. The molecule has 0 heterocycles. The van der Waals surface area contributed by atoms with Gasteiger partial charge in [-0.15, -0.1) is 0 Å². The Kier molecular flexibility index (Phi) is 25.9. The molecular weight excluding hydrogens is 924 g/mol. The van der Waals surface area contributed by atoms with E-state index in [4.69, 9.17) is 43.4 Å². The van der Waals surface area contributed by atoms with Gasteiger partial charge in [0.15, 0.2) is 34.5 Å². The summed E-state index contributed by atoms with van der Waals surface area (Å²) in [7, 11) is 5.45. The monoisotopic (exact) mass is 984 g/mol. The van der Waals surface area contributed by atoms with Gasteiger partial charge in [-0.3, -0.25) is 0 Å². The number of methoxy groups -OCH3 is 3. The van der Waals surface area contributed by atoms with E-state index >= 15 is 0 Å². The Morgan fingerprint density at radius 1 is 0.478 bits per heavy atom. The van der Waals surface area contributed by atoms with Gasteiger partial charge in [0.25, 0.3) is 0 Å². The van der Waals surface area contributed by atoms with Gasteiger partial charge in [-0.2, -0.15) is 0 Å². The summed E-state index contributed by atoms with van der Waals surface area (Å²) >= 11 is 3.38. The Balaban J connectivity index is 0.000000316. The number of carbonyl (C=O) groups excluding carboxylic acids is 2. The molecule has 6 aromatic carbocycles. The number of hydrogen-bond acceptors (Lipinski definition) is 12. The van der Waals surface area contributed by atoms with Crippen LogP contribution in [0.2, 0.25) is 0 Å². The van der Waals surface area contributed by atoms with Gasteiger partial charge in [-0.1, -0.05) is 105 Å². The van der Waals surface area contributed by atoms with Gasteiger partial charge in [0.2, 0.25) is 0 Å². The van der Waals surface area contributed by atoms with E-state index in [0.29, 0.717) is 60.6 Å². The molecule has 0 atom stereocenters. The quantitative estimate of drug-likeness (QED) is 0.0655. The standard InChI is InChI=1S/C18H20O4.C16H16O4.C10H12O4.C8H9Br.CH4O/c1-4-21-18(19)15-9-10-16(17(11-15)20-3)22-12-14-7-5-13(2)6-8-14;1-11-3-5-12(6-4-11)10-20-14-8-7-13(16(17)18)9-15(14)19-2;1-3-14-10(12)7-4-5-8(11)9(6-7)13-2;1-7-2-4-8(6-9)5-3-7;1-2/h5-11H,4,12H2,1-3H3;3-9H,10H2,1-2H3,(H,17,18);4-6,11H,3H2,1-2H3;2-5H,6H2,1H3;2H,1H3. The second kappa shape index (κ2) is 31.0. The third-order valence-corrected chi connectivity index (χ3v) is 9.73. The van der Waals surface area contributed by atoms with Crippen LogP contribution in [0.1, 0.15) is 78.3 Å². The minimum absolute atomic E-state index is 0.000508. The van der Waals surface area contributed by atoms with Crippen LogP contribution in [0.4, 0.5) is 0 Å². The molecule has 0 saturated carbocycles. The van der Waals surface area contributed by atoms with Crippen molar-refractivity contribution in [1.29, 1.82) is 0 Å². The summed E-state index contributed by atoms with van der Waals surface area (Å²) in [6.07, 6.45) is 0. The minimum atomic E-state index is -0.992. The average Bonchev–Trinajstić information content (AvgIpc) is 3.35. The van der Waals surface area contributed by atoms with Gasteiger partial charge in [0, 0.05) is 12.4 Å². The van der Waals surface area contributed by atoms with E-state index in [0.717, 1.165) is 23.6 Å². The summed E-state index contributed by atoms with van der Waals surface area (Å²) in [6, 6.07) is 38.5. The van der Waals surface area contributed by atoms with Crippen LogP contribution < -0.4 is 23.7 Å². The number of ether oxygens (including phenoxy) is 7. The van der Waals surface area contributed by atoms with Crippen molar-refractivity contribution >= 4 is 33.8 Å². The van der Waals surface area contributed by atoms with Crippen molar-refractivity contribution in [3.63, 3.8) is 0 Å². The number of halogens is 1. The first kappa shape index (κ1) is 56.1. The van der Waals surface area contributed by atoms with Crippen LogP contribution in [-0.2, 0) is 28.0 Å². The Bertz CT molecular complexity index is 2400. The second-order valence-corrected chi connectivity index (χ2v) is 14.6. The summed E-state index contributed by atoms with van der Waals surface area (Å²) in [4.78, 5) is 33.9. The maximum absolute atomic E-state index is 11.7. The molecule has 0 aromatic heterocycles. The number of esters is 2. The van der Waals surface area contributed by atoms with Crippen molar-refractivity contribution in [3.8, 4) is 34.5 Å². The van der Waals surface area contributed by atoms with Gasteiger partial charge in [-0.05, 0) is 106 Å². The van der Waals surface area contributed by atoms with Gasteiger partial charge >= 0.3 is 17.9 Å². The van der Waals surface area contributed by atoms with Crippen LogP contribution in [0.15, 0.2) is 127 Å². The predicted octanol–water partition coefficient (Wildman–Crippen LogP) is 11.1. The van der Waals surface area contributed by atoms with Crippen molar-refractivity contribution in [1.82, 2.24) is 0 Å². The SMILES string of the molecule is CCOC(=O)c1ccc(O)c(OC)c1.CCOC(=O)c1ccc(OCc2ccc(C)cc2)c(OC)c1.CO.COc1cc(C(=O)O)ccc1OCc1ccc(C)cc1.Cc1ccc(CBr)cc1. The molecule has 0 saturated heterocycles. The lowest BCUT2D eigenvalue weighted by molar-refractivity contribution is 0.0516. The molecule has 0 fully saturated rings. The fourth-order valence-electron chi connectivity index (χ4n) is 5.44. The van der Waals surface area contributed by atoms with Crippen LogP contribution in [-0.4, -0.2) is 74.9 Å². The van der Waals surface area contributed by atoms with Gasteiger partial charge in [0.1, 0.15) is 13.2 Å². The lowest BCUT2D eigenvalue weighted by Gasteiger charge is -2.12. The largest absolute Gasteiger partial charge is 0.504 e. The minimum Gasteiger partial charge on any atom is -0.504 e. The molecule has 13 nitrogen and oxygen atoms in total. The second-order valence-electron chi connectivity index (χ2n) is 14.0. The van der Waals surface area contributed by atoms with Gasteiger partial charge < -0.3 is 48.5 Å². The number of rotatable bonds is 15. The summed E-state index contributed by atoms with van der Waals surface area (Å²) in [5.41, 5.74) is 8.15. The summed E-state index contributed by atoms with van der Waals surface area (Å²) in [6.45, 7) is 11.2. The van der Waals surface area contributed by atoms with E-state index in [1.54, 1.807) is 45.2 Å². The lowest BCUT2D eigenvalue weighted by Crippen LogP contribution is -2.05. The Morgan fingerprint density at radius 3 is 1.18 bits per heavy atom. The zero-order valence-electron chi connectivity index (χ0n) is 39.5. The summed E-state index contributed by atoms with van der Waals surface area (Å²) in [5, 5.41) is 26.2. The summed E-state index contributed by atoms with van der Waals surface area (Å²) < 4.78 is 36.5. The molecule has 0 bridgehead atoms. The number of carboxylic acids is 1. The number of benzene rings is 6. The Labute approximate surface area is 401 Å². The molecular formula is C53H61BrO13. The number of phenols is 1. The normalized spacial score (nSPS) is 9.72. The van der Waals surface area contributed by atoms with Crippen molar-refractivity contribution in [2.24, 2.45) is 0 Å². The van der Waals surface area contributed by atoms with Crippen molar-refractivity contribution in [2.45, 2.75) is 53.2 Å². The zero-order chi connectivity index (χ0) is 49.7. The van der Waals surface area contributed by atoms with E-state index in [-0.39, 0.29) is 23.0 Å². The lowest BCUT2D eigenvalue weighted by atomic mass is 10.1. The van der Waals surface area contributed by atoms with Crippen LogP contribution in [0, 0.1) is 20.8 Å². The average molecular weight is 986 g/mol. The summed E-state index contributed by atoms with van der Waals surface area (Å²) in [5.74, 6) is 0.519. The van der Waals surface area contributed by atoms with Crippen molar-refractivity contribution in [3.05, 3.63) is 177 Å². The number of carboxylic acid groups (broad SMARTS) is 1. The predicted molar refractivity (Wildman–Crippen MR) is 262 cm³/mol. The highest BCUT2D eigenvalue weighted by atomic mass is 79.9. The highest BCUT2D eigenvalue weighted by Gasteiger charge is 2.13. The number of aromatic carboxylic acids is 1. The van der Waals surface area contributed by atoms with E-state index in [9.17, 15) is 19.5 Å².